The number of halogens is 3. The Balaban J connectivity index is 0.00000208. The number of aliphatic imine (C=N–C) groups is 1. The number of hydrogen-bond donors (Lipinski definition) is 2. The first-order valence-corrected chi connectivity index (χ1v) is 7.75. The predicted octanol–water partition coefficient (Wildman–Crippen LogP) is 4.04. The number of hydrogen-bond acceptors (Lipinski definition) is 1. The zero-order chi connectivity index (χ0) is 16.2. The molecule has 24 heavy (non-hydrogen) atoms. The zero-order valence-electron chi connectivity index (χ0n) is 13.2. The van der Waals surface area contributed by atoms with E-state index in [0.29, 0.717) is 0 Å². The van der Waals surface area contributed by atoms with Crippen LogP contribution in [0.15, 0.2) is 41.4 Å². The Bertz CT molecular complexity index is 727. The van der Waals surface area contributed by atoms with Crippen molar-refractivity contribution in [2.75, 3.05) is 11.9 Å². The molecule has 0 saturated heterocycles. The molecule has 1 aliphatic rings. The van der Waals surface area contributed by atoms with Gasteiger partial charge in [0.1, 0.15) is 11.6 Å². The summed E-state index contributed by atoms with van der Waals surface area (Å²) < 4.78 is 27.0. The van der Waals surface area contributed by atoms with Crippen molar-refractivity contribution in [3.8, 4) is 0 Å². The third kappa shape index (κ3) is 4.43. The van der Waals surface area contributed by atoms with Gasteiger partial charge >= 0.3 is 0 Å². The first-order valence-electron chi connectivity index (χ1n) is 7.75. The Morgan fingerprint density at radius 1 is 1.08 bits per heavy atom. The number of benzene rings is 2. The quantitative estimate of drug-likeness (QED) is 0.426. The SMILES string of the molecule is I.NC(=NCCc1c(F)cccc1F)Nc1ccc2c(c1)CCC2. The van der Waals surface area contributed by atoms with Crippen LogP contribution in [0.4, 0.5) is 14.5 Å². The lowest BCUT2D eigenvalue weighted by molar-refractivity contribution is 0.556. The number of nitrogens with zero attached hydrogens (tertiary/aromatic N) is 1. The van der Waals surface area contributed by atoms with Crippen LogP contribution in [-0.4, -0.2) is 12.5 Å². The molecule has 0 aromatic heterocycles. The van der Waals surface area contributed by atoms with Crippen LogP contribution in [0, 0.1) is 11.6 Å². The Morgan fingerprint density at radius 3 is 2.54 bits per heavy atom. The summed E-state index contributed by atoms with van der Waals surface area (Å²) in [5, 5.41) is 3.03. The molecule has 0 heterocycles. The van der Waals surface area contributed by atoms with Crippen LogP contribution >= 0.6 is 24.0 Å². The molecule has 0 spiro atoms. The minimum atomic E-state index is -0.551. The second kappa shape index (κ2) is 8.41. The number of fused-ring (bicyclic) bond motifs is 1. The summed E-state index contributed by atoms with van der Waals surface area (Å²) in [6.07, 6.45) is 3.59. The van der Waals surface area contributed by atoms with Crippen molar-refractivity contribution in [3.05, 3.63) is 64.7 Å². The average Bonchev–Trinajstić information content (AvgIpc) is 2.98. The fourth-order valence-corrected chi connectivity index (χ4v) is 2.90. The van der Waals surface area contributed by atoms with E-state index in [4.69, 9.17) is 5.73 Å². The number of aryl methyl sites for hydroxylation is 2. The molecule has 0 bridgehead atoms. The van der Waals surface area contributed by atoms with E-state index < -0.39 is 11.6 Å². The first-order chi connectivity index (χ1) is 11.1. The maximum Gasteiger partial charge on any atom is 0.193 e. The van der Waals surface area contributed by atoms with Crippen molar-refractivity contribution in [2.45, 2.75) is 25.7 Å². The summed E-state index contributed by atoms with van der Waals surface area (Å²) in [7, 11) is 0. The van der Waals surface area contributed by atoms with Gasteiger partial charge in [-0.05, 0) is 61.1 Å². The van der Waals surface area contributed by atoms with E-state index in [2.05, 4.69) is 22.4 Å². The van der Waals surface area contributed by atoms with Crippen molar-refractivity contribution in [3.63, 3.8) is 0 Å². The molecule has 128 valence electrons. The normalized spacial score (nSPS) is 13.3. The van der Waals surface area contributed by atoms with Gasteiger partial charge in [0, 0.05) is 17.8 Å². The predicted molar refractivity (Wildman–Crippen MR) is 104 cm³/mol. The molecule has 0 fully saturated rings. The molecular weight excluding hydrogens is 423 g/mol. The van der Waals surface area contributed by atoms with E-state index >= 15 is 0 Å². The molecule has 0 aliphatic heterocycles. The maximum absolute atomic E-state index is 13.5. The molecule has 3 nitrogen and oxygen atoms in total. The van der Waals surface area contributed by atoms with Crippen molar-refractivity contribution in [2.24, 2.45) is 10.7 Å². The molecule has 6 heteroatoms. The summed E-state index contributed by atoms with van der Waals surface area (Å²) >= 11 is 0. The lowest BCUT2D eigenvalue weighted by atomic mass is 10.1. The molecule has 3 N–H and O–H groups in total. The van der Waals surface area contributed by atoms with Crippen LogP contribution < -0.4 is 11.1 Å². The fraction of sp³-hybridized carbons (Fsp3) is 0.278. The van der Waals surface area contributed by atoms with E-state index in [1.165, 1.54) is 35.7 Å². The highest BCUT2D eigenvalue weighted by molar-refractivity contribution is 14.0. The van der Waals surface area contributed by atoms with Crippen LogP contribution in [0.1, 0.15) is 23.1 Å². The van der Waals surface area contributed by atoms with E-state index in [1.54, 1.807) is 0 Å². The smallest absolute Gasteiger partial charge is 0.193 e. The summed E-state index contributed by atoms with van der Waals surface area (Å²) in [4.78, 5) is 4.14. The van der Waals surface area contributed by atoms with E-state index in [9.17, 15) is 8.78 Å². The van der Waals surface area contributed by atoms with Crippen molar-refractivity contribution in [1.82, 2.24) is 0 Å². The number of rotatable bonds is 4. The molecular formula is C18H20F2IN3. The van der Waals surface area contributed by atoms with Gasteiger partial charge in [-0.25, -0.2) is 8.78 Å². The summed E-state index contributed by atoms with van der Waals surface area (Å²) in [6.45, 7) is 0.224. The third-order valence-electron chi connectivity index (χ3n) is 4.08. The van der Waals surface area contributed by atoms with Gasteiger partial charge in [0.2, 0.25) is 0 Å². The molecule has 3 rings (SSSR count). The molecule has 0 unspecified atom stereocenters. The number of anilines is 1. The second-order valence-corrected chi connectivity index (χ2v) is 5.68. The van der Waals surface area contributed by atoms with Gasteiger partial charge in [-0.3, -0.25) is 4.99 Å². The van der Waals surface area contributed by atoms with Gasteiger partial charge in [-0.15, -0.1) is 24.0 Å². The highest BCUT2D eigenvalue weighted by Crippen LogP contribution is 2.24. The Morgan fingerprint density at radius 2 is 1.79 bits per heavy atom. The number of guanidine groups is 1. The van der Waals surface area contributed by atoms with Crippen LogP contribution in [0.5, 0.6) is 0 Å². The highest BCUT2D eigenvalue weighted by atomic mass is 127. The topological polar surface area (TPSA) is 50.4 Å². The molecule has 0 radical (unpaired) electrons. The molecule has 0 atom stereocenters. The van der Waals surface area contributed by atoms with Gasteiger partial charge in [0.15, 0.2) is 5.96 Å². The maximum atomic E-state index is 13.5. The van der Waals surface area contributed by atoms with Gasteiger partial charge in [-0.1, -0.05) is 12.1 Å². The van der Waals surface area contributed by atoms with Gasteiger partial charge in [0.25, 0.3) is 0 Å². The van der Waals surface area contributed by atoms with Crippen molar-refractivity contribution >= 4 is 35.6 Å². The first kappa shape index (κ1) is 18.6. The third-order valence-corrected chi connectivity index (χ3v) is 4.08. The molecule has 2 aromatic rings. The Hall–Kier alpha value is -1.70. The molecule has 0 amide bonds. The van der Waals surface area contributed by atoms with E-state index in [-0.39, 0.29) is 48.5 Å². The largest absolute Gasteiger partial charge is 0.370 e. The average molecular weight is 443 g/mol. The van der Waals surface area contributed by atoms with Gasteiger partial charge in [-0.2, -0.15) is 0 Å². The molecule has 1 aliphatic carbocycles. The van der Waals surface area contributed by atoms with Crippen LogP contribution in [-0.2, 0) is 19.3 Å². The fourth-order valence-electron chi connectivity index (χ4n) is 2.90. The summed E-state index contributed by atoms with van der Waals surface area (Å²) in [5.74, 6) is -0.851. The van der Waals surface area contributed by atoms with Crippen molar-refractivity contribution < 1.29 is 8.78 Å². The summed E-state index contributed by atoms with van der Waals surface area (Å²) in [5.41, 5.74) is 9.51. The van der Waals surface area contributed by atoms with E-state index in [0.717, 1.165) is 18.5 Å². The Labute approximate surface area is 157 Å². The van der Waals surface area contributed by atoms with Crippen LogP contribution in [0.3, 0.4) is 0 Å². The minimum absolute atomic E-state index is 0. The number of nitrogens with two attached hydrogens (primary N) is 1. The standard InChI is InChI=1S/C18H19F2N3.HI/c19-16-5-2-6-17(20)15(16)9-10-22-18(21)23-14-8-7-12-3-1-4-13(12)11-14;/h2,5-8,11H,1,3-4,9-10H2,(H3,21,22,23);1H. The van der Waals surface area contributed by atoms with Crippen LogP contribution in [0.25, 0.3) is 0 Å². The lowest BCUT2D eigenvalue weighted by Crippen LogP contribution is -2.23. The second-order valence-electron chi connectivity index (χ2n) is 5.68. The lowest BCUT2D eigenvalue weighted by Gasteiger charge is -2.08. The zero-order valence-corrected chi connectivity index (χ0v) is 15.5. The van der Waals surface area contributed by atoms with Crippen LogP contribution in [0.2, 0.25) is 0 Å². The van der Waals surface area contributed by atoms with Crippen molar-refractivity contribution in [1.29, 1.82) is 0 Å². The van der Waals surface area contributed by atoms with Gasteiger partial charge < -0.3 is 11.1 Å². The monoisotopic (exact) mass is 443 g/mol. The molecule has 0 saturated carbocycles. The molecule has 2 aromatic carbocycles. The van der Waals surface area contributed by atoms with E-state index in [1.807, 2.05) is 6.07 Å². The Kier molecular flexibility index (Phi) is 6.53. The minimum Gasteiger partial charge on any atom is -0.370 e. The number of nitrogens with one attached hydrogen (secondary N) is 1. The highest BCUT2D eigenvalue weighted by Gasteiger charge is 2.11. The van der Waals surface area contributed by atoms with Gasteiger partial charge in [0.05, 0.1) is 0 Å². The summed E-state index contributed by atoms with van der Waals surface area (Å²) in [6, 6.07) is 10.0.